The van der Waals surface area contributed by atoms with Crippen LogP contribution in [0.4, 0.5) is 0 Å². The quantitative estimate of drug-likeness (QED) is 0.532. The van der Waals surface area contributed by atoms with Crippen molar-refractivity contribution in [3.05, 3.63) is 0 Å². The first-order valence-corrected chi connectivity index (χ1v) is 4.30. The van der Waals surface area contributed by atoms with Gasteiger partial charge in [0.25, 0.3) is 0 Å². The van der Waals surface area contributed by atoms with E-state index in [0.717, 1.165) is 32.8 Å². The van der Waals surface area contributed by atoms with E-state index in [2.05, 4.69) is 11.8 Å². The number of hydrogen-bond donors (Lipinski definition) is 0. The smallest absolute Gasteiger partial charge is 0.0936 e. The van der Waals surface area contributed by atoms with Crippen molar-refractivity contribution in [2.24, 2.45) is 0 Å². The molecule has 0 aliphatic carbocycles. The number of nitrogens with zero attached hydrogens (tertiary/aromatic N) is 1. The topological polar surface area (TPSA) is 25.0 Å². The molecule has 2 fully saturated rings. The maximum atomic E-state index is 5.43. The summed E-state index contributed by atoms with van der Waals surface area (Å²) in [4.78, 5) is 2.42. The number of rotatable bonds is 2. The van der Waals surface area contributed by atoms with Crippen molar-refractivity contribution in [3.8, 4) is 0 Å². The van der Waals surface area contributed by atoms with E-state index in [9.17, 15) is 0 Å². The molecule has 0 radical (unpaired) electrons. The second-order valence-corrected chi connectivity index (χ2v) is 3.40. The Morgan fingerprint density at radius 1 is 1.45 bits per heavy atom. The monoisotopic (exact) mass is 157 g/mol. The molecule has 0 spiro atoms. The molecule has 2 saturated heterocycles. The van der Waals surface area contributed by atoms with E-state index in [0.29, 0.717) is 12.2 Å². The lowest BCUT2D eigenvalue weighted by Gasteiger charge is -2.30. The van der Waals surface area contributed by atoms with E-state index < -0.39 is 0 Å². The van der Waals surface area contributed by atoms with Crippen molar-refractivity contribution in [1.29, 1.82) is 0 Å². The van der Waals surface area contributed by atoms with Crippen LogP contribution in [0.2, 0.25) is 0 Å². The van der Waals surface area contributed by atoms with Crippen LogP contribution in [0.25, 0.3) is 0 Å². The molecule has 2 heterocycles. The van der Waals surface area contributed by atoms with E-state index in [1.807, 2.05) is 0 Å². The molecule has 11 heavy (non-hydrogen) atoms. The van der Waals surface area contributed by atoms with Gasteiger partial charge < -0.3 is 9.47 Å². The third kappa shape index (κ3) is 2.15. The molecule has 2 aliphatic rings. The van der Waals surface area contributed by atoms with Crippen LogP contribution in [0.5, 0.6) is 0 Å². The highest BCUT2D eigenvalue weighted by atomic mass is 16.6. The van der Waals surface area contributed by atoms with Gasteiger partial charge in [0, 0.05) is 19.6 Å². The van der Waals surface area contributed by atoms with Gasteiger partial charge in [0.1, 0.15) is 0 Å². The third-order valence-corrected chi connectivity index (χ3v) is 2.19. The lowest BCUT2D eigenvalue weighted by atomic mass is 10.3. The van der Waals surface area contributed by atoms with Gasteiger partial charge in [0.2, 0.25) is 0 Å². The third-order valence-electron chi connectivity index (χ3n) is 2.19. The van der Waals surface area contributed by atoms with Gasteiger partial charge in [-0.15, -0.1) is 0 Å². The van der Waals surface area contributed by atoms with E-state index in [1.54, 1.807) is 0 Å². The van der Waals surface area contributed by atoms with Gasteiger partial charge in [-0.3, -0.25) is 4.90 Å². The molecule has 3 nitrogen and oxygen atoms in total. The molecule has 1 unspecified atom stereocenters. The summed E-state index contributed by atoms with van der Waals surface area (Å²) in [5.74, 6) is 0. The number of epoxide rings is 1. The van der Waals surface area contributed by atoms with E-state index >= 15 is 0 Å². The summed E-state index contributed by atoms with van der Waals surface area (Å²) in [5, 5.41) is 0. The molecule has 0 aromatic carbocycles. The second-order valence-electron chi connectivity index (χ2n) is 3.40. The van der Waals surface area contributed by atoms with Crippen molar-refractivity contribution in [3.63, 3.8) is 0 Å². The largest absolute Gasteiger partial charge is 0.376 e. The maximum absolute atomic E-state index is 5.43. The molecular formula is C8H15NO2. The van der Waals surface area contributed by atoms with E-state index in [1.165, 1.54) is 0 Å². The van der Waals surface area contributed by atoms with Gasteiger partial charge in [-0.25, -0.2) is 0 Å². The first kappa shape index (κ1) is 7.53. The summed E-state index contributed by atoms with van der Waals surface area (Å²) in [6.45, 7) is 7.22. The SMILES string of the molecule is CC1CN(C[C@H]2CO2)CCO1. The summed E-state index contributed by atoms with van der Waals surface area (Å²) in [6.07, 6.45) is 0.933. The minimum Gasteiger partial charge on any atom is -0.376 e. The van der Waals surface area contributed by atoms with Gasteiger partial charge in [-0.2, -0.15) is 0 Å². The molecule has 0 saturated carbocycles. The fraction of sp³-hybridized carbons (Fsp3) is 1.00. The molecule has 0 amide bonds. The standard InChI is InChI=1S/C8H15NO2/c1-7-4-9(2-3-10-7)5-8-6-11-8/h7-8H,2-6H2,1H3/t7?,8-/m0/s1. The number of morpholine rings is 1. The zero-order valence-electron chi connectivity index (χ0n) is 6.95. The van der Waals surface area contributed by atoms with Crippen LogP contribution >= 0.6 is 0 Å². The van der Waals surface area contributed by atoms with Gasteiger partial charge in [-0.05, 0) is 6.92 Å². The minimum atomic E-state index is 0.405. The maximum Gasteiger partial charge on any atom is 0.0936 e. The average molecular weight is 157 g/mol. The Hall–Kier alpha value is -0.120. The molecule has 2 atom stereocenters. The molecule has 3 heteroatoms. The zero-order chi connectivity index (χ0) is 7.68. The van der Waals surface area contributed by atoms with Crippen molar-refractivity contribution >= 4 is 0 Å². The van der Waals surface area contributed by atoms with Gasteiger partial charge >= 0.3 is 0 Å². The molecule has 0 aromatic rings. The number of ether oxygens (including phenoxy) is 2. The summed E-state index contributed by atoms with van der Waals surface area (Å²) >= 11 is 0. The molecule has 2 rings (SSSR count). The average Bonchev–Trinajstić information content (AvgIpc) is 2.71. The summed E-state index contributed by atoms with van der Waals surface area (Å²) < 4.78 is 10.6. The summed E-state index contributed by atoms with van der Waals surface area (Å²) in [7, 11) is 0. The Labute approximate surface area is 67.3 Å². The molecule has 0 bridgehead atoms. The minimum absolute atomic E-state index is 0.405. The van der Waals surface area contributed by atoms with Gasteiger partial charge in [-0.1, -0.05) is 0 Å². The fourth-order valence-corrected chi connectivity index (χ4v) is 1.52. The first-order chi connectivity index (χ1) is 5.34. The Balaban J connectivity index is 1.73. The molecular weight excluding hydrogens is 142 g/mol. The molecule has 2 aliphatic heterocycles. The zero-order valence-corrected chi connectivity index (χ0v) is 6.95. The van der Waals surface area contributed by atoms with Crippen LogP contribution in [0.3, 0.4) is 0 Å². The normalized spacial score (nSPS) is 39.0. The van der Waals surface area contributed by atoms with Crippen LogP contribution in [-0.4, -0.2) is 50.0 Å². The molecule has 0 N–H and O–H groups in total. The van der Waals surface area contributed by atoms with Crippen LogP contribution in [0.1, 0.15) is 6.92 Å². The fourth-order valence-electron chi connectivity index (χ4n) is 1.52. The van der Waals surface area contributed by atoms with Crippen molar-refractivity contribution in [2.75, 3.05) is 32.8 Å². The Kier molecular flexibility index (Phi) is 2.11. The Bertz CT molecular complexity index is 134. The van der Waals surface area contributed by atoms with Gasteiger partial charge in [0.05, 0.1) is 25.4 Å². The lowest BCUT2D eigenvalue weighted by Crippen LogP contribution is -2.42. The first-order valence-electron chi connectivity index (χ1n) is 4.30. The van der Waals surface area contributed by atoms with Crippen molar-refractivity contribution in [2.45, 2.75) is 19.1 Å². The van der Waals surface area contributed by atoms with Crippen molar-refractivity contribution < 1.29 is 9.47 Å². The second kappa shape index (κ2) is 3.09. The van der Waals surface area contributed by atoms with Crippen molar-refractivity contribution in [1.82, 2.24) is 4.90 Å². The molecule has 64 valence electrons. The highest BCUT2D eigenvalue weighted by Gasteiger charge is 2.27. The molecule has 0 aromatic heterocycles. The predicted octanol–water partition coefficient (Wildman–Crippen LogP) is 0.106. The number of hydrogen-bond acceptors (Lipinski definition) is 3. The van der Waals surface area contributed by atoms with Crippen LogP contribution < -0.4 is 0 Å². The van der Waals surface area contributed by atoms with Gasteiger partial charge in [0.15, 0.2) is 0 Å². The van der Waals surface area contributed by atoms with E-state index in [4.69, 9.17) is 9.47 Å². The summed E-state index contributed by atoms with van der Waals surface area (Å²) in [6, 6.07) is 0. The van der Waals surface area contributed by atoms with Crippen LogP contribution in [-0.2, 0) is 9.47 Å². The highest BCUT2D eigenvalue weighted by molar-refractivity contribution is 4.77. The predicted molar refractivity (Wildman–Crippen MR) is 41.6 cm³/mol. The highest BCUT2D eigenvalue weighted by Crippen LogP contribution is 2.13. The Morgan fingerprint density at radius 3 is 2.91 bits per heavy atom. The van der Waals surface area contributed by atoms with E-state index in [-0.39, 0.29) is 0 Å². The van der Waals surface area contributed by atoms with Crippen LogP contribution in [0.15, 0.2) is 0 Å². The lowest BCUT2D eigenvalue weighted by molar-refractivity contribution is -0.0199. The summed E-state index contributed by atoms with van der Waals surface area (Å²) in [5.41, 5.74) is 0. The Morgan fingerprint density at radius 2 is 2.27 bits per heavy atom. The van der Waals surface area contributed by atoms with Crippen LogP contribution in [0, 0.1) is 0 Å².